The highest BCUT2D eigenvalue weighted by molar-refractivity contribution is 5.76. The van der Waals surface area contributed by atoms with Crippen molar-refractivity contribution in [2.75, 3.05) is 0 Å². The van der Waals surface area contributed by atoms with E-state index in [1.807, 2.05) is 0 Å². The summed E-state index contributed by atoms with van der Waals surface area (Å²) in [7, 11) is 0. The minimum atomic E-state index is -0.662. The van der Waals surface area contributed by atoms with E-state index in [0.29, 0.717) is 6.42 Å². The van der Waals surface area contributed by atoms with Gasteiger partial charge in [0.05, 0.1) is 5.41 Å². The van der Waals surface area contributed by atoms with Gasteiger partial charge in [0.25, 0.3) is 0 Å². The van der Waals surface area contributed by atoms with Crippen molar-refractivity contribution in [1.29, 1.82) is 0 Å². The summed E-state index contributed by atoms with van der Waals surface area (Å²) in [6, 6.07) is 0. The van der Waals surface area contributed by atoms with Crippen LogP contribution in [0.15, 0.2) is 0 Å². The lowest BCUT2D eigenvalue weighted by Crippen LogP contribution is -2.37. The Hall–Kier alpha value is -0.970. The summed E-state index contributed by atoms with van der Waals surface area (Å²) in [5.41, 5.74) is -0.485. The number of carboxylic acids is 1. The van der Waals surface area contributed by atoms with E-state index in [0.717, 1.165) is 32.1 Å². The third-order valence-electron chi connectivity index (χ3n) is 2.69. The molecule has 0 aromatic rings. The molecule has 1 fully saturated rings. The van der Waals surface area contributed by atoms with Crippen molar-refractivity contribution >= 4 is 5.97 Å². The molecule has 0 aliphatic heterocycles. The molecular formula is C11H16O2. The first-order valence-electron chi connectivity index (χ1n) is 4.90. The first-order chi connectivity index (χ1) is 6.21. The average Bonchev–Trinajstić information content (AvgIpc) is 2.01. The van der Waals surface area contributed by atoms with Crippen molar-refractivity contribution in [1.82, 2.24) is 0 Å². The van der Waals surface area contributed by atoms with Gasteiger partial charge in [-0.05, 0) is 19.3 Å². The molecule has 13 heavy (non-hydrogen) atoms. The van der Waals surface area contributed by atoms with Gasteiger partial charge in [0, 0.05) is 12.8 Å². The van der Waals surface area contributed by atoms with E-state index < -0.39 is 11.4 Å². The Morgan fingerprint density at radius 2 is 2.15 bits per heavy atom. The maximum absolute atomic E-state index is 10.9. The number of hydrogen-bond acceptors (Lipinski definition) is 1. The van der Waals surface area contributed by atoms with Gasteiger partial charge in [-0.3, -0.25) is 4.79 Å². The fraction of sp³-hybridized carbons (Fsp3) is 0.727. The Morgan fingerprint density at radius 3 is 2.54 bits per heavy atom. The minimum Gasteiger partial charge on any atom is -0.481 e. The van der Waals surface area contributed by atoms with Crippen LogP contribution in [0.2, 0.25) is 0 Å². The predicted octanol–water partition coefficient (Wildman–Crippen LogP) is 2.43. The van der Waals surface area contributed by atoms with E-state index >= 15 is 0 Å². The zero-order chi connectivity index (χ0) is 9.73. The molecule has 1 rings (SSSR count). The molecule has 0 heterocycles. The highest BCUT2D eigenvalue weighted by Gasteiger charge is 2.43. The number of unbranched alkanes of at least 4 members (excludes halogenated alkanes) is 1. The number of carbonyl (C=O) groups is 1. The van der Waals surface area contributed by atoms with Gasteiger partial charge in [-0.15, -0.1) is 11.8 Å². The van der Waals surface area contributed by atoms with E-state index in [4.69, 9.17) is 5.11 Å². The van der Waals surface area contributed by atoms with Crippen LogP contribution < -0.4 is 0 Å². The van der Waals surface area contributed by atoms with E-state index in [1.54, 1.807) is 0 Å². The van der Waals surface area contributed by atoms with Gasteiger partial charge < -0.3 is 5.11 Å². The maximum Gasteiger partial charge on any atom is 0.310 e. The van der Waals surface area contributed by atoms with Crippen LogP contribution in [0.4, 0.5) is 0 Å². The molecule has 0 bridgehead atoms. The number of aliphatic carboxylic acids is 1. The van der Waals surface area contributed by atoms with E-state index in [-0.39, 0.29) is 0 Å². The molecule has 0 spiro atoms. The molecule has 2 heteroatoms. The van der Waals surface area contributed by atoms with Gasteiger partial charge in [-0.1, -0.05) is 13.3 Å². The standard InChI is InChI=1S/C11H16O2/c1-2-3-4-5-7-11(10(12)13)8-6-9-11/h2-3,6-9H2,1H3,(H,12,13). The maximum atomic E-state index is 10.9. The van der Waals surface area contributed by atoms with Crippen LogP contribution in [0.3, 0.4) is 0 Å². The van der Waals surface area contributed by atoms with Crippen molar-refractivity contribution in [2.45, 2.75) is 45.4 Å². The molecular weight excluding hydrogens is 164 g/mol. The SMILES string of the molecule is CCCC#CCC1(C(=O)O)CCC1. The van der Waals surface area contributed by atoms with Gasteiger partial charge in [-0.25, -0.2) is 0 Å². The van der Waals surface area contributed by atoms with Crippen molar-refractivity contribution in [2.24, 2.45) is 5.41 Å². The lowest BCUT2D eigenvalue weighted by atomic mass is 9.67. The fourth-order valence-electron chi connectivity index (χ4n) is 1.51. The van der Waals surface area contributed by atoms with Crippen LogP contribution in [0.5, 0.6) is 0 Å². The van der Waals surface area contributed by atoms with Gasteiger partial charge in [0.1, 0.15) is 0 Å². The summed E-state index contributed by atoms with van der Waals surface area (Å²) in [6.45, 7) is 2.07. The minimum absolute atomic E-state index is 0.485. The van der Waals surface area contributed by atoms with Crippen molar-refractivity contribution in [3.05, 3.63) is 0 Å². The molecule has 72 valence electrons. The van der Waals surface area contributed by atoms with Gasteiger partial charge in [0.2, 0.25) is 0 Å². The molecule has 0 unspecified atom stereocenters. The van der Waals surface area contributed by atoms with Crippen LogP contribution in [0, 0.1) is 17.3 Å². The third-order valence-corrected chi connectivity index (χ3v) is 2.69. The van der Waals surface area contributed by atoms with Crippen LogP contribution in [0.25, 0.3) is 0 Å². The molecule has 0 amide bonds. The van der Waals surface area contributed by atoms with Crippen LogP contribution in [0.1, 0.15) is 45.4 Å². The molecule has 0 aromatic heterocycles. The molecule has 0 radical (unpaired) electrons. The van der Waals surface area contributed by atoms with Crippen molar-refractivity contribution in [3.63, 3.8) is 0 Å². The second-order valence-corrected chi connectivity index (χ2v) is 3.72. The van der Waals surface area contributed by atoms with Gasteiger partial charge in [0.15, 0.2) is 0 Å². The van der Waals surface area contributed by atoms with Crippen LogP contribution >= 0.6 is 0 Å². The first kappa shape index (κ1) is 10.1. The Kier molecular flexibility index (Phi) is 3.36. The monoisotopic (exact) mass is 180 g/mol. The van der Waals surface area contributed by atoms with Gasteiger partial charge >= 0.3 is 5.97 Å². The Labute approximate surface area is 79.3 Å². The zero-order valence-corrected chi connectivity index (χ0v) is 8.10. The zero-order valence-electron chi connectivity index (χ0n) is 8.10. The largest absolute Gasteiger partial charge is 0.481 e. The molecule has 0 aromatic carbocycles. The molecule has 1 saturated carbocycles. The highest BCUT2D eigenvalue weighted by Crippen LogP contribution is 2.43. The Balaban J connectivity index is 2.42. The average molecular weight is 180 g/mol. The highest BCUT2D eigenvalue weighted by atomic mass is 16.4. The van der Waals surface area contributed by atoms with Gasteiger partial charge in [-0.2, -0.15) is 0 Å². The first-order valence-corrected chi connectivity index (χ1v) is 4.90. The number of carboxylic acid groups (broad SMARTS) is 1. The Bertz CT molecular complexity index is 241. The third kappa shape index (κ3) is 2.24. The van der Waals surface area contributed by atoms with Crippen LogP contribution in [-0.4, -0.2) is 11.1 Å². The second kappa shape index (κ2) is 4.32. The summed E-state index contributed by atoms with van der Waals surface area (Å²) in [5.74, 6) is 5.32. The predicted molar refractivity (Wildman–Crippen MR) is 51.2 cm³/mol. The lowest BCUT2D eigenvalue weighted by molar-refractivity contribution is -0.154. The summed E-state index contributed by atoms with van der Waals surface area (Å²) >= 11 is 0. The summed E-state index contributed by atoms with van der Waals surface area (Å²) in [5, 5.41) is 8.97. The molecule has 0 saturated heterocycles. The number of hydrogen-bond donors (Lipinski definition) is 1. The molecule has 1 aliphatic carbocycles. The topological polar surface area (TPSA) is 37.3 Å². The summed E-state index contributed by atoms with van der Waals surface area (Å²) in [4.78, 5) is 10.9. The molecule has 1 aliphatic rings. The normalized spacial score (nSPS) is 18.2. The van der Waals surface area contributed by atoms with E-state index in [2.05, 4.69) is 18.8 Å². The fourth-order valence-corrected chi connectivity index (χ4v) is 1.51. The second-order valence-electron chi connectivity index (χ2n) is 3.72. The Morgan fingerprint density at radius 1 is 1.46 bits per heavy atom. The van der Waals surface area contributed by atoms with E-state index in [1.165, 1.54) is 0 Å². The number of rotatable bonds is 3. The molecule has 0 atom stereocenters. The van der Waals surface area contributed by atoms with E-state index in [9.17, 15) is 4.79 Å². The summed E-state index contributed by atoms with van der Waals surface area (Å²) in [6.07, 6.45) is 5.14. The van der Waals surface area contributed by atoms with Crippen LogP contribution in [-0.2, 0) is 4.79 Å². The molecule has 1 N–H and O–H groups in total. The molecule has 2 nitrogen and oxygen atoms in total. The summed E-state index contributed by atoms with van der Waals surface area (Å²) < 4.78 is 0. The van der Waals surface area contributed by atoms with Crippen molar-refractivity contribution < 1.29 is 9.90 Å². The quantitative estimate of drug-likeness (QED) is 0.677. The lowest BCUT2D eigenvalue weighted by Gasteiger charge is -2.35. The van der Waals surface area contributed by atoms with Crippen molar-refractivity contribution in [3.8, 4) is 11.8 Å². The smallest absolute Gasteiger partial charge is 0.310 e.